The van der Waals surface area contributed by atoms with Gasteiger partial charge in [-0.15, -0.1) is 0 Å². The summed E-state index contributed by atoms with van der Waals surface area (Å²) in [6.45, 7) is 5.01. The topological polar surface area (TPSA) is 56.5 Å². The Hall–Kier alpha value is -2.53. The largest absolute Gasteiger partial charge is 0.493 e. The maximum absolute atomic E-state index is 9.40. The van der Waals surface area contributed by atoms with Gasteiger partial charge in [-0.2, -0.15) is 0 Å². The van der Waals surface area contributed by atoms with Gasteiger partial charge in [0.15, 0.2) is 11.5 Å². The van der Waals surface area contributed by atoms with Gasteiger partial charge in [-0.25, -0.2) is 4.98 Å². The molecule has 5 heteroatoms. The number of rotatable bonds is 6. The zero-order valence-corrected chi connectivity index (χ0v) is 14.2. The highest BCUT2D eigenvalue weighted by molar-refractivity contribution is 5.78. The Bertz CT molecular complexity index is 855. The predicted molar refractivity (Wildman–Crippen MR) is 93.6 cm³/mol. The summed E-state index contributed by atoms with van der Waals surface area (Å²) in [5.74, 6) is 2.15. The lowest BCUT2D eigenvalue weighted by molar-refractivity contribution is 0.254. The van der Waals surface area contributed by atoms with Crippen molar-refractivity contribution in [2.45, 2.75) is 27.0 Å². The van der Waals surface area contributed by atoms with E-state index in [4.69, 9.17) is 9.47 Å². The first-order valence-electron chi connectivity index (χ1n) is 7.97. The molecule has 0 bridgehead atoms. The molecule has 0 fully saturated rings. The smallest absolute Gasteiger partial charge is 0.161 e. The first-order chi connectivity index (χ1) is 11.6. The number of imidazole rings is 1. The fourth-order valence-electron chi connectivity index (χ4n) is 2.77. The van der Waals surface area contributed by atoms with Gasteiger partial charge < -0.3 is 19.1 Å². The fraction of sp³-hybridized carbons (Fsp3) is 0.316. The van der Waals surface area contributed by atoms with Crippen LogP contribution in [0.4, 0.5) is 0 Å². The number of nitrogens with zero attached hydrogens (tertiary/aromatic N) is 2. The van der Waals surface area contributed by atoms with Crippen LogP contribution in [0.5, 0.6) is 11.5 Å². The van der Waals surface area contributed by atoms with Crippen molar-refractivity contribution >= 4 is 11.0 Å². The summed E-state index contributed by atoms with van der Waals surface area (Å²) in [6.07, 6.45) is 0. The van der Waals surface area contributed by atoms with Gasteiger partial charge in [0.2, 0.25) is 0 Å². The van der Waals surface area contributed by atoms with Crippen molar-refractivity contribution in [1.29, 1.82) is 0 Å². The van der Waals surface area contributed by atoms with E-state index in [1.807, 2.05) is 28.8 Å². The summed E-state index contributed by atoms with van der Waals surface area (Å²) < 4.78 is 13.2. The Kier molecular flexibility index (Phi) is 4.71. The van der Waals surface area contributed by atoms with Crippen molar-refractivity contribution in [2.24, 2.45) is 0 Å². The Morgan fingerprint density at radius 1 is 1.08 bits per heavy atom. The molecule has 0 saturated heterocycles. The van der Waals surface area contributed by atoms with Crippen molar-refractivity contribution in [2.75, 3.05) is 13.7 Å². The van der Waals surface area contributed by atoms with E-state index < -0.39 is 0 Å². The van der Waals surface area contributed by atoms with E-state index in [0.29, 0.717) is 24.7 Å². The Labute approximate surface area is 141 Å². The summed E-state index contributed by atoms with van der Waals surface area (Å²) in [5.41, 5.74) is 4.35. The van der Waals surface area contributed by atoms with Crippen LogP contribution in [0.1, 0.15) is 17.0 Å². The average molecular weight is 326 g/mol. The molecule has 0 atom stereocenters. The van der Waals surface area contributed by atoms with E-state index in [1.165, 1.54) is 11.1 Å². The van der Waals surface area contributed by atoms with E-state index in [2.05, 4.69) is 31.0 Å². The number of para-hydroxylation sites is 2. The first-order valence-corrected chi connectivity index (χ1v) is 7.97. The van der Waals surface area contributed by atoms with E-state index in [0.717, 1.165) is 16.9 Å². The molecular formula is C19H22N2O3. The van der Waals surface area contributed by atoms with Gasteiger partial charge in [-0.1, -0.05) is 12.1 Å². The number of hydrogen-bond donors (Lipinski definition) is 1. The number of ether oxygens (including phenoxy) is 2. The Morgan fingerprint density at radius 2 is 1.79 bits per heavy atom. The SMILES string of the molecule is COc1ccccc1OCc1nc2cc(C)c(C)cc2n1CCO. The molecule has 5 nitrogen and oxygen atoms in total. The van der Waals surface area contributed by atoms with Gasteiger partial charge in [0.05, 0.1) is 24.8 Å². The van der Waals surface area contributed by atoms with Crippen LogP contribution in [-0.4, -0.2) is 28.4 Å². The normalized spacial score (nSPS) is 11.0. The molecule has 1 N–H and O–H groups in total. The summed E-state index contributed by atoms with van der Waals surface area (Å²) in [5, 5.41) is 9.40. The third kappa shape index (κ3) is 3.08. The summed E-state index contributed by atoms with van der Waals surface area (Å²) in [7, 11) is 1.62. The summed E-state index contributed by atoms with van der Waals surface area (Å²) >= 11 is 0. The predicted octanol–water partition coefficient (Wildman–Crippen LogP) is 3.23. The number of methoxy groups -OCH3 is 1. The number of aliphatic hydroxyl groups is 1. The quantitative estimate of drug-likeness (QED) is 0.755. The Morgan fingerprint density at radius 3 is 2.50 bits per heavy atom. The van der Waals surface area contributed by atoms with Crippen LogP contribution < -0.4 is 9.47 Å². The molecule has 0 saturated carbocycles. The fourth-order valence-corrected chi connectivity index (χ4v) is 2.77. The molecule has 1 aromatic heterocycles. The summed E-state index contributed by atoms with van der Waals surface area (Å²) in [4.78, 5) is 4.69. The van der Waals surface area contributed by atoms with Crippen molar-refractivity contribution in [3.63, 3.8) is 0 Å². The molecule has 2 aromatic carbocycles. The van der Waals surface area contributed by atoms with E-state index >= 15 is 0 Å². The molecule has 1 heterocycles. The molecule has 0 amide bonds. The van der Waals surface area contributed by atoms with Crippen molar-refractivity contribution in [3.8, 4) is 11.5 Å². The third-order valence-electron chi connectivity index (χ3n) is 4.19. The zero-order chi connectivity index (χ0) is 17.1. The molecule has 0 aliphatic heterocycles. The van der Waals surface area contributed by atoms with Crippen LogP contribution >= 0.6 is 0 Å². The van der Waals surface area contributed by atoms with Crippen LogP contribution in [0, 0.1) is 13.8 Å². The number of fused-ring (bicyclic) bond motifs is 1. The maximum Gasteiger partial charge on any atom is 0.161 e. The molecule has 0 radical (unpaired) electrons. The second-order valence-electron chi connectivity index (χ2n) is 5.77. The highest BCUT2D eigenvalue weighted by atomic mass is 16.5. The molecule has 0 aliphatic carbocycles. The molecule has 0 aliphatic rings. The van der Waals surface area contributed by atoms with Crippen molar-refractivity contribution < 1.29 is 14.6 Å². The average Bonchev–Trinajstić information content (AvgIpc) is 2.91. The molecule has 126 valence electrons. The van der Waals surface area contributed by atoms with Gasteiger partial charge >= 0.3 is 0 Å². The molecule has 3 aromatic rings. The number of benzene rings is 2. The maximum atomic E-state index is 9.40. The second kappa shape index (κ2) is 6.93. The van der Waals surface area contributed by atoms with Gasteiger partial charge in [0, 0.05) is 6.54 Å². The van der Waals surface area contributed by atoms with Crippen LogP contribution in [0.3, 0.4) is 0 Å². The highest BCUT2D eigenvalue weighted by Crippen LogP contribution is 2.27. The molecular weight excluding hydrogens is 304 g/mol. The standard InChI is InChI=1S/C19H22N2O3/c1-13-10-15-16(11-14(13)2)21(8-9-22)19(20-15)12-24-18-7-5-4-6-17(18)23-3/h4-7,10-11,22H,8-9,12H2,1-3H3. The number of aromatic nitrogens is 2. The lowest BCUT2D eigenvalue weighted by Gasteiger charge is -2.11. The van der Waals surface area contributed by atoms with Crippen molar-refractivity contribution in [3.05, 3.63) is 53.3 Å². The van der Waals surface area contributed by atoms with Gasteiger partial charge in [0.25, 0.3) is 0 Å². The Balaban J connectivity index is 1.95. The minimum Gasteiger partial charge on any atom is -0.493 e. The van der Waals surface area contributed by atoms with Crippen molar-refractivity contribution in [1.82, 2.24) is 9.55 Å². The van der Waals surface area contributed by atoms with Gasteiger partial charge in [-0.05, 0) is 49.2 Å². The minimum absolute atomic E-state index is 0.0556. The monoisotopic (exact) mass is 326 g/mol. The van der Waals surface area contributed by atoms with E-state index in [-0.39, 0.29) is 6.61 Å². The minimum atomic E-state index is 0.0556. The number of hydrogen-bond acceptors (Lipinski definition) is 4. The zero-order valence-electron chi connectivity index (χ0n) is 14.2. The van der Waals surface area contributed by atoms with Crippen LogP contribution in [0.25, 0.3) is 11.0 Å². The van der Waals surface area contributed by atoms with Crippen LogP contribution in [0.2, 0.25) is 0 Å². The first kappa shape index (κ1) is 16.3. The van der Waals surface area contributed by atoms with E-state index in [9.17, 15) is 5.11 Å². The molecule has 3 rings (SSSR count). The number of aryl methyl sites for hydroxylation is 2. The molecule has 0 unspecified atom stereocenters. The molecule has 24 heavy (non-hydrogen) atoms. The lowest BCUT2D eigenvalue weighted by Crippen LogP contribution is -2.10. The number of aliphatic hydroxyl groups excluding tert-OH is 1. The highest BCUT2D eigenvalue weighted by Gasteiger charge is 2.13. The third-order valence-corrected chi connectivity index (χ3v) is 4.19. The second-order valence-corrected chi connectivity index (χ2v) is 5.77. The van der Waals surface area contributed by atoms with E-state index in [1.54, 1.807) is 7.11 Å². The molecule has 0 spiro atoms. The van der Waals surface area contributed by atoms with Crippen LogP contribution in [-0.2, 0) is 13.2 Å². The summed E-state index contributed by atoms with van der Waals surface area (Å²) in [6, 6.07) is 11.7. The lowest BCUT2D eigenvalue weighted by atomic mass is 10.1. The van der Waals surface area contributed by atoms with Gasteiger partial charge in [0.1, 0.15) is 12.4 Å². The van der Waals surface area contributed by atoms with Crippen LogP contribution in [0.15, 0.2) is 36.4 Å². The van der Waals surface area contributed by atoms with Gasteiger partial charge in [-0.3, -0.25) is 0 Å².